The highest BCUT2D eigenvalue weighted by Crippen LogP contribution is 2.25. The van der Waals surface area contributed by atoms with Crippen LogP contribution in [0, 0.1) is 0 Å². The summed E-state index contributed by atoms with van der Waals surface area (Å²) in [5.74, 6) is 0.694. The molecule has 0 aliphatic rings. The van der Waals surface area contributed by atoms with Gasteiger partial charge in [0.1, 0.15) is 17.2 Å². The molecule has 0 fully saturated rings. The van der Waals surface area contributed by atoms with E-state index in [9.17, 15) is 4.79 Å². The SMILES string of the molecule is CNCc1ccccc1Oc1ccnc(C(N)=O)c1. The summed E-state index contributed by atoms with van der Waals surface area (Å²) in [4.78, 5) is 14.9. The molecule has 19 heavy (non-hydrogen) atoms. The van der Waals surface area contributed by atoms with Crippen LogP contribution in [0.2, 0.25) is 0 Å². The number of hydrogen-bond donors (Lipinski definition) is 2. The first-order valence-corrected chi connectivity index (χ1v) is 5.87. The van der Waals surface area contributed by atoms with E-state index in [0.29, 0.717) is 12.3 Å². The van der Waals surface area contributed by atoms with Crippen LogP contribution in [-0.2, 0) is 6.54 Å². The average molecular weight is 257 g/mol. The van der Waals surface area contributed by atoms with Gasteiger partial charge in [0.05, 0.1) is 0 Å². The Hall–Kier alpha value is -2.40. The van der Waals surface area contributed by atoms with Crippen molar-refractivity contribution in [2.24, 2.45) is 5.73 Å². The topological polar surface area (TPSA) is 77.2 Å². The summed E-state index contributed by atoms with van der Waals surface area (Å²) in [6.07, 6.45) is 1.50. The molecule has 0 bridgehead atoms. The van der Waals surface area contributed by atoms with Gasteiger partial charge >= 0.3 is 0 Å². The first-order chi connectivity index (χ1) is 9.20. The van der Waals surface area contributed by atoms with Gasteiger partial charge in [0.25, 0.3) is 5.91 Å². The van der Waals surface area contributed by atoms with Crippen molar-refractivity contribution in [2.75, 3.05) is 7.05 Å². The Bertz CT molecular complexity index is 584. The number of pyridine rings is 1. The lowest BCUT2D eigenvalue weighted by atomic mass is 10.2. The first kappa shape index (κ1) is 13.0. The fourth-order valence-electron chi connectivity index (χ4n) is 1.68. The Labute approximate surface area is 111 Å². The molecule has 0 unspecified atom stereocenters. The summed E-state index contributed by atoms with van der Waals surface area (Å²) in [7, 11) is 1.87. The maximum Gasteiger partial charge on any atom is 0.267 e. The van der Waals surface area contributed by atoms with E-state index < -0.39 is 5.91 Å². The lowest BCUT2D eigenvalue weighted by Gasteiger charge is -2.11. The number of aromatic nitrogens is 1. The van der Waals surface area contributed by atoms with Gasteiger partial charge in [0.2, 0.25) is 0 Å². The Morgan fingerprint density at radius 3 is 2.89 bits per heavy atom. The van der Waals surface area contributed by atoms with Gasteiger partial charge in [-0.3, -0.25) is 9.78 Å². The zero-order chi connectivity index (χ0) is 13.7. The fourth-order valence-corrected chi connectivity index (χ4v) is 1.68. The van der Waals surface area contributed by atoms with Crippen LogP contribution in [0.1, 0.15) is 16.1 Å². The quantitative estimate of drug-likeness (QED) is 0.854. The molecule has 1 aromatic heterocycles. The second-order valence-electron chi connectivity index (χ2n) is 3.98. The van der Waals surface area contributed by atoms with E-state index >= 15 is 0 Å². The maximum atomic E-state index is 11.1. The van der Waals surface area contributed by atoms with E-state index in [2.05, 4.69) is 10.3 Å². The van der Waals surface area contributed by atoms with Crippen LogP contribution in [-0.4, -0.2) is 17.9 Å². The van der Waals surface area contributed by atoms with Crippen LogP contribution < -0.4 is 15.8 Å². The van der Waals surface area contributed by atoms with Gasteiger partial charge in [0, 0.05) is 24.4 Å². The van der Waals surface area contributed by atoms with E-state index in [1.165, 1.54) is 12.3 Å². The molecule has 5 heteroatoms. The van der Waals surface area contributed by atoms with Crippen molar-refractivity contribution < 1.29 is 9.53 Å². The zero-order valence-corrected chi connectivity index (χ0v) is 10.6. The highest BCUT2D eigenvalue weighted by Gasteiger charge is 2.07. The summed E-state index contributed by atoms with van der Waals surface area (Å²) in [6, 6.07) is 10.9. The van der Waals surface area contributed by atoms with Crippen molar-refractivity contribution in [1.29, 1.82) is 0 Å². The molecule has 0 saturated carbocycles. The van der Waals surface area contributed by atoms with Crippen molar-refractivity contribution in [3.8, 4) is 11.5 Å². The third-order valence-corrected chi connectivity index (χ3v) is 2.55. The van der Waals surface area contributed by atoms with Gasteiger partial charge in [-0.1, -0.05) is 18.2 Å². The molecule has 0 spiro atoms. The molecule has 0 atom stereocenters. The molecule has 98 valence electrons. The van der Waals surface area contributed by atoms with Crippen LogP contribution in [0.3, 0.4) is 0 Å². The number of nitrogens with zero attached hydrogens (tertiary/aromatic N) is 1. The lowest BCUT2D eigenvalue weighted by Crippen LogP contribution is -2.12. The zero-order valence-electron chi connectivity index (χ0n) is 10.6. The van der Waals surface area contributed by atoms with Crippen molar-refractivity contribution in [2.45, 2.75) is 6.54 Å². The second kappa shape index (κ2) is 5.97. The third kappa shape index (κ3) is 3.29. The molecule has 1 heterocycles. The van der Waals surface area contributed by atoms with Gasteiger partial charge < -0.3 is 15.8 Å². The van der Waals surface area contributed by atoms with Crippen molar-refractivity contribution in [3.05, 3.63) is 53.9 Å². The van der Waals surface area contributed by atoms with E-state index in [1.807, 2.05) is 31.3 Å². The van der Waals surface area contributed by atoms with Crippen LogP contribution in [0.4, 0.5) is 0 Å². The molecular formula is C14H15N3O2. The number of carbonyl (C=O) groups excluding carboxylic acids is 1. The number of benzene rings is 1. The van der Waals surface area contributed by atoms with E-state index in [1.54, 1.807) is 6.07 Å². The molecule has 1 aromatic carbocycles. The molecule has 0 aliphatic heterocycles. The molecule has 2 rings (SSSR count). The van der Waals surface area contributed by atoms with Gasteiger partial charge in [-0.2, -0.15) is 0 Å². The first-order valence-electron chi connectivity index (χ1n) is 5.87. The summed E-state index contributed by atoms with van der Waals surface area (Å²) in [5, 5.41) is 3.07. The predicted octanol–water partition coefficient (Wildman–Crippen LogP) is 1.69. The maximum absolute atomic E-state index is 11.1. The number of nitrogens with two attached hydrogens (primary N) is 1. The Morgan fingerprint density at radius 1 is 1.37 bits per heavy atom. The van der Waals surface area contributed by atoms with E-state index in [-0.39, 0.29) is 5.69 Å². The Morgan fingerprint density at radius 2 is 2.16 bits per heavy atom. The van der Waals surface area contributed by atoms with Crippen LogP contribution in [0.5, 0.6) is 11.5 Å². The number of carbonyl (C=O) groups is 1. The number of nitrogens with one attached hydrogen (secondary N) is 1. The number of primary amides is 1. The van der Waals surface area contributed by atoms with Crippen molar-refractivity contribution >= 4 is 5.91 Å². The van der Waals surface area contributed by atoms with Crippen molar-refractivity contribution in [1.82, 2.24) is 10.3 Å². The van der Waals surface area contributed by atoms with E-state index in [4.69, 9.17) is 10.5 Å². The summed E-state index contributed by atoms with van der Waals surface area (Å²) < 4.78 is 5.77. The molecule has 3 N–H and O–H groups in total. The van der Waals surface area contributed by atoms with Crippen LogP contribution in [0.25, 0.3) is 0 Å². The predicted molar refractivity (Wildman–Crippen MR) is 72.0 cm³/mol. The molecule has 0 saturated heterocycles. The third-order valence-electron chi connectivity index (χ3n) is 2.55. The van der Waals surface area contributed by atoms with Gasteiger partial charge in [-0.05, 0) is 19.2 Å². The fraction of sp³-hybridized carbons (Fsp3) is 0.143. The largest absolute Gasteiger partial charge is 0.457 e. The Balaban J connectivity index is 2.26. The minimum absolute atomic E-state index is 0.184. The van der Waals surface area contributed by atoms with Gasteiger partial charge in [-0.15, -0.1) is 0 Å². The van der Waals surface area contributed by atoms with Gasteiger partial charge in [-0.25, -0.2) is 0 Å². The lowest BCUT2D eigenvalue weighted by molar-refractivity contribution is 0.0995. The second-order valence-corrected chi connectivity index (χ2v) is 3.98. The highest BCUT2D eigenvalue weighted by molar-refractivity contribution is 5.91. The molecule has 1 amide bonds. The summed E-state index contributed by atoms with van der Waals surface area (Å²) in [5.41, 5.74) is 6.40. The number of hydrogen-bond acceptors (Lipinski definition) is 4. The molecular weight excluding hydrogens is 242 g/mol. The molecule has 5 nitrogen and oxygen atoms in total. The molecule has 2 aromatic rings. The monoisotopic (exact) mass is 257 g/mol. The molecule has 0 radical (unpaired) electrons. The minimum atomic E-state index is -0.575. The smallest absolute Gasteiger partial charge is 0.267 e. The highest BCUT2D eigenvalue weighted by atomic mass is 16.5. The van der Waals surface area contributed by atoms with Crippen molar-refractivity contribution in [3.63, 3.8) is 0 Å². The standard InChI is InChI=1S/C14H15N3O2/c1-16-9-10-4-2-3-5-13(10)19-11-6-7-17-12(8-11)14(15)18/h2-8,16H,9H2,1H3,(H2,15,18). The molecule has 0 aliphatic carbocycles. The average Bonchev–Trinajstić information content (AvgIpc) is 2.41. The number of amides is 1. The summed E-state index contributed by atoms with van der Waals surface area (Å²) in [6.45, 7) is 0.698. The normalized spacial score (nSPS) is 10.2. The summed E-state index contributed by atoms with van der Waals surface area (Å²) >= 11 is 0. The minimum Gasteiger partial charge on any atom is -0.457 e. The van der Waals surface area contributed by atoms with Crippen LogP contribution in [0.15, 0.2) is 42.6 Å². The number of ether oxygens (including phenoxy) is 1. The Kier molecular flexibility index (Phi) is 4.10. The number of rotatable bonds is 5. The van der Waals surface area contributed by atoms with Gasteiger partial charge in [0.15, 0.2) is 0 Å². The van der Waals surface area contributed by atoms with E-state index in [0.717, 1.165) is 11.3 Å². The number of para-hydroxylation sites is 1. The van der Waals surface area contributed by atoms with Crippen LogP contribution >= 0.6 is 0 Å².